The molecule has 1 aromatic heterocycles. The summed E-state index contributed by atoms with van der Waals surface area (Å²) >= 11 is 0. The first-order valence-electron chi connectivity index (χ1n) is 5.83. The van der Waals surface area contributed by atoms with Gasteiger partial charge in [-0.15, -0.1) is 0 Å². The second-order valence-electron chi connectivity index (χ2n) is 4.25. The van der Waals surface area contributed by atoms with Crippen molar-refractivity contribution in [1.29, 1.82) is 0 Å². The van der Waals surface area contributed by atoms with Crippen molar-refractivity contribution in [2.45, 2.75) is 12.8 Å². The highest BCUT2D eigenvalue weighted by molar-refractivity contribution is 5.50. The standard InChI is InChI=1S/C11H18N4O2/c1-17-9-10(13-7-14-11(9)16)15-4-2-8(6-12)3-5-15/h7-8H,2-6,12H2,1H3,(H,13,14,16). The Morgan fingerprint density at radius 2 is 2.29 bits per heavy atom. The number of ether oxygens (including phenoxy) is 1. The van der Waals surface area contributed by atoms with E-state index in [4.69, 9.17) is 10.5 Å². The van der Waals surface area contributed by atoms with E-state index >= 15 is 0 Å². The first kappa shape index (κ1) is 11.9. The summed E-state index contributed by atoms with van der Waals surface area (Å²) in [6.07, 6.45) is 3.48. The minimum Gasteiger partial charge on any atom is -0.489 e. The second-order valence-corrected chi connectivity index (χ2v) is 4.25. The lowest BCUT2D eigenvalue weighted by Gasteiger charge is -2.32. The average Bonchev–Trinajstić information content (AvgIpc) is 2.38. The third-order valence-corrected chi connectivity index (χ3v) is 3.24. The van der Waals surface area contributed by atoms with Gasteiger partial charge in [0.15, 0.2) is 5.82 Å². The molecule has 3 N–H and O–H groups in total. The summed E-state index contributed by atoms with van der Waals surface area (Å²) in [6, 6.07) is 0. The molecule has 1 aromatic rings. The highest BCUT2D eigenvalue weighted by atomic mass is 16.5. The Balaban J connectivity index is 2.18. The van der Waals surface area contributed by atoms with Gasteiger partial charge in [0.1, 0.15) is 0 Å². The van der Waals surface area contributed by atoms with E-state index in [0.29, 0.717) is 17.5 Å². The fraction of sp³-hybridized carbons (Fsp3) is 0.636. The van der Waals surface area contributed by atoms with Crippen molar-refractivity contribution in [2.24, 2.45) is 11.7 Å². The van der Waals surface area contributed by atoms with Gasteiger partial charge >= 0.3 is 0 Å². The summed E-state index contributed by atoms with van der Waals surface area (Å²) in [7, 11) is 1.49. The maximum atomic E-state index is 11.6. The number of hydrogen-bond acceptors (Lipinski definition) is 5. The highest BCUT2D eigenvalue weighted by Crippen LogP contribution is 2.25. The molecule has 0 amide bonds. The molecule has 6 nitrogen and oxygen atoms in total. The summed E-state index contributed by atoms with van der Waals surface area (Å²) in [5.41, 5.74) is 5.42. The Labute approximate surface area is 99.8 Å². The van der Waals surface area contributed by atoms with Crippen molar-refractivity contribution in [1.82, 2.24) is 9.97 Å². The third kappa shape index (κ3) is 2.41. The molecule has 0 bridgehead atoms. The molecule has 17 heavy (non-hydrogen) atoms. The quantitative estimate of drug-likeness (QED) is 0.771. The summed E-state index contributed by atoms with van der Waals surface area (Å²) in [5.74, 6) is 1.50. The van der Waals surface area contributed by atoms with Gasteiger partial charge in [0.05, 0.1) is 13.4 Å². The van der Waals surface area contributed by atoms with E-state index in [1.807, 2.05) is 0 Å². The van der Waals surface area contributed by atoms with Crippen molar-refractivity contribution in [2.75, 3.05) is 31.6 Å². The van der Waals surface area contributed by atoms with Crippen LogP contribution in [0.25, 0.3) is 0 Å². The van der Waals surface area contributed by atoms with Crippen LogP contribution in [0.2, 0.25) is 0 Å². The average molecular weight is 238 g/mol. The zero-order valence-electron chi connectivity index (χ0n) is 9.98. The van der Waals surface area contributed by atoms with Gasteiger partial charge < -0.3 is 20.4 Å². The lowest BCUT2D eigenvalue weighted by Crippen LogP contribution is -2.37. The number of rotatable bonds is 3. The van der Waals surface area contributed by atoms with Gasteiger partial charge in [0.25, 0.3) is 5.56 Å². The number of methoxy groups -OCH3 is 1. The molecule has 0 aliphatic carbocycles. The van der Waals surface area contributed by atoms with Gasteiger partial charge in [0.2, 0.25) is 5.75 Å². The lowest BCUT2D eigenvalue weighted by molar-refractivity contribution is 0.389. The molecule has 6 heteroatoms. The molecule has 0 atom stereocenters. The van der Waals surface area contributed by atoms with Crippen LogP contribution in [-0.2, 0) is 0 Å². The molecule has 2 rings (SSSR count). The van der Waals surface area contributed by atoms with Crippen LogP contribution in [0.4, 0.5) is 5.82 Å². The van der Waals surface area contributed by atoms with E-state index in [1.165, 1.54) is 13.4 Å². The summed E-state index contributed by atoms with van der Waals surface area (Å²) in [4.78, 5) is 20.4. The van der Waals surface area contributed by atoms with Crippen molar-refractivity contribution in [3.8, 4) is 5.75 Å². The van der Waals surface area contributed by atoms with Gasteiger partial charge in [-0.25, -0.2) is 4.98 Å². The van der Waals surface area contributed by atoms with Crippen LogP contribution in [0.1, 0.15) is 12.8 Å². The van der Waals surface area contributed by atoms with Crippen LogP contribution in [0.5, 0.6) is 5.75 Å². The maximum absolute atomic E-state index is 11.6. The SMILES string of the molecule is COc1c(N2CCC(CN)CC2)nc[nH]c1=O. The zero-order valence-corrected chi connectivity index (χ0v) is 9.98. The van der Waals surface area contributed by atoms with E-state index in [9.17, 15) is 4.79 Å². The van der Waals surface area contributed by atoms with Gasteiger partial charge in [-0.3, -0.25) is 4.79 Å². The molecule has 94 valence electrons. The summed E-state index contributed by atoms with van der Waals surface area (Å²) in [6.45, 7) is 2.47. The number of anilines is 1. The minimum absolute atomic E-state index is 0.238. The van der Waals surface area contributed by atoms with Crippen LogP contribution in [0.15, 0.2) is 11.1 Å². The molecule has 0 unspecified atom stereocenters. The number of nitrogens with two attached hydrogens (primary N) is 1. The predicted octanol–water partition coefficient (Wildman–Crippen LogP) is -0.0464. The first-order chi connectivity index (χ1) is 8.26. The molecular weight excluding hydrogens is 220 g/mol. The van der Waals surface area contributed by atoms with Gasteiger partial charge in [-0.05, 0) is 25.3 Å². The van der Waals surface area contributed by atoms with E-state index in [1.54, 1.807) is 0 Å². The second kappa shape index (κ2) is 5.18. The molecule has 0 aromatic carbocycles. The number of piperidine rings is 1. The van der Waals surface area contributed by atoms with Gasteiger partial charge in [0, 0.05) is 13.1 Å². The van der Waals surface area contributed by atoms with Crippen LogP contribution < -0.4 is 20.9 Å². The molecule has 2 heterocycles. The number of hydrogen-bond donors (Lipinski definition) is 2. The van der Waals surface area contributed by atoms with E-state index < -0.39 is 0 Å². The molecule has 1 aliphatic rings. The fourth-order valence-corrected chi connectivity index (χ4v) is 2.17. The van der Waals surface area contributed by atoms with Crippen LogP contribution in [0, 0.1) is 5.92 Å². The van der Waals surface area contributed by atoms with E-state index in [-0.39, 0.29) is 5.56 Å². The molecule has 1 fully saturated rings. The third-order valence-electron chi connectivity index (χ3n) is 3.24. The molecule has 0 spiro atoms. The van der Waals surface area contributed by atoms with E-state index in [0.717, 1.165) is 32.5 Å². The molecule has 1 aliphatic heterocycles. The number of nitrogens with one attached hydrogen (secondary N) is 1. The Morgan fingerprint density at radius 1 is 1.59 bits per heavy atom. The predicted molar refractivity (Wildman–Crippen MR) is 65.4 cm³/mol. The lowest BCUT2D eigenvalue weighted by atomic mass is 9.97. The Morgan fingerprint density at radius 3 is 2.88 bits per heavy atom. The topological polar surface area (TPSA) is 84.2 Å². The van der Waals surface area contributed by atoms with Gasteiger partial charge in [-0.2, -0.15) is 0 Å². The van der Waals surface area contributed by atoms with Gasteiger partial charge in [-0.1, -0.05) is 0 Å². The highest BCUT2D eigenvalue weighted by Gasteiger charge is 2.22. The largest absolute Gasteiger partial charge is 0.489 e. The first-order valence-corrected chi connectivity index (χ1v) is 5.83. The smallest absolute Gasteiger partial charge is 0.295 e. The molecule has 1 saturated heterocycles. The van der Waals surface area contributed by atoms with Crippen LogP contribution in [-0.4, -0.2) is 36.7 Å². The monoisotopic (exact) mass is 238 g/mol. The zero-order chi connectivity index (χ0) is 12.3. The maximum Gasteiger partial charge on any atom is 0.295 e. The van der Waals surface area contributed by atoms with E-state index in [2.05, 4.69) is 14.9 Å². The fourth-order valence-electron chi connectivity index (χ4n) is 2.17. The minimum atomic E-state index is -0.238. The van der Waals surface area contributed by atoms with Crippen LogP contribution >= 0.6 is 0 Å². The number of aromatic nitrogens is 2. The van der Waals surface area contributed by atoms with Crippen LogP contribution in [0.3, 0.4) is 0 Å². The number of nitrogens with zero attached hydrogens (tertiary/aromatic N) is 2. The Bertz CT molecular complexity index is 424. The normalized spacial score (nSPS) is 17.2. The Kier molecular flexibility index (Phi) is 3.63. The van der Waals surface area contributed by atoms with Crippen molar-refractivity contribution < 1.29 is 4.74 Å². The summed E-state index contributed by atoms with van der Waals surface area (Å²) < 4.78 is 5.11. The molecule has 0 radical (unpaired) electrons. The molecule has 0 saturated carbocycles. The number of H-pyrrole nitrogens is 1. The number of aromatic amines is 1. The van der Waals surface area contributed by atoms with Crippen molar-refractivity contribution >= 4 is 5.82 Å². The Hall–Kier alpha value is -1.56. The van der Waals surface area contributed by atoms with Crippen molar-refractivity contribution in [3.63, 3.8) is 0 Å². The summed E-state index contributed by atoms with van der Waals surface area (Å²) in [5, 5.41) is 0. The molecular formula is C11H18N4O2. The van der Waals surface area contributed by atoms with Crippen molar-refractivity contribution in [3.05, 3.63) is 16.7 Å².